The molecule has 0 unspecified atom stereocenters. The summed E-state index contributed by atoms with van der Waals surface area (Å²) in [4.78, 5) is 22.8. The van der Waals surface area contributed by atoms with Gasteiger partial charge in [0, 0.05) is 11.4 Å². The number of anilines is 2. The van der Waals surface area contributed by atoms with Gasteiger partial charge in [0.2, 0.25) is 0 Å². The normalized spacial score (nSPS) is 11.8. The lowest BCUT2D eigenvalue weighted by Gasteiger charge is -2.13. The zero-order valence-electron chi connectivity index (χ0n) is 13.1. The fraction of sp³-hybridized carbons (Fsp3) is 0.125. The number of urea groups is 1. The maximum atomic E-state index is 12.8. The highest BCUT2D eigenvalue weighted by Crippen LogP contribution is 2.32. The Bertz CT molecular complexity index is 877. The van der Waals surface area contributed by atoms with E-state index in [1.54, 1.807) is 0 Å². The summed E-state index contributed by atoms with van der Waals surface area (Å²) in [5, 5.41) is 12.9. The minimum atomic E-state index is -4.86. The van der Waals surface area contributed by atoms with Gasteiger partial charge in [-0.2, -0.15) is 26.3 Å². The van der Waals surface area contributed by atoms with Crippen molar-refractivity contribution in [3.05, 3.63) is 59.2 Å². The van der Waals surface area contributed by atoms with Gasteiger partial charge in [-0.3, -0.25) is 0 Å². The average molecular weight is 392 g/mol. The molecule has 0 spiro atoms. The second-order valence-corrected chi connectivity index (χ2v) is 5.26. The molecule has 2 amide bonds. The summed E-state index contributed by atoms with van der Waals surface area (Å²) < 4.78 is 76.4. The Balaban J connectivity index is 2.23. The van der Waals surface area contributed by atoms with Gasteiger partial charge in [0.1, 0.15) is 0 Å². The first-order valence-electron chi connectivity index (χ1n) is 7.07. The fourth-order valence-corrected chi connectivity index (χ4v) is 2.05. The number of carboxylic acid groups (broad SMARTS) is 1. The molecule has 2 aromatic carbocycles. The van der Waals surface area contributed by atoms with E-state index in [-0.39, 0.29) is 5.69 Å². The number of nitrogens with one attached hydrogen (secondary N) is 2. The first kappa shape index (κ1) is 20.1. The quantitative estimate of drug-likeness (QED) is 0.639. The van der Waals surface area contributed by atoms with Crippen LogP contribution in [0.4, 0.5) is 42.5 Å². The van der Waals surface area contributed by atoms with Crippen LogP contribution in [-0.4, -0.2) is 17.1 Å². The third-order valence-electron chi connectivity index (χ3n) is 3.21. The first-order chi connectivity index (χ1) is 12.4. The van der Waals surface area contributed by atoms with Gasteiger partial charge in [-0.1, -0.05) is 6.07 Å². The third kappa shape index (κ3) is 5.36. The smallest absolute Gasteiger partial charge is 0.416 e. The van der Waals surface area contributed by atoms with Gasteiger partial charge in [-0.25, -0.2) is 9.59 Å². The van der Waals surface area contributed by atoms with E-state index >= 15 is 0 Å². The summed E-state index contributed by atoms with van der Waals surface area (Å²) >= 11 is 0. The minimum Gasteiger partial charge on any atom is -0.478 e. The molecule has 0 aliphatic rings. The number of carbonyl (C=O) groups excluding carboxylic acids is 1. The number of hydrogen-bond acceptors (Lipinski definition) is 2. The second kappa shape index (κ2) is 7.17. The molecular formula is C16H10F6N2O3. The van der Waals surface area contributed by atoms with Crippen molar-refractivity contribution in [2.45, 2.75) is 12.4 Å². The van der Waals surface area contributed by atoms with Crippen molar-refractivity contribution in [3.8, 4) is 0 Å². The van der Waals surface area contributed by atoms with E-state index in [2.05, 4.69) is 0 Å². The molecule has 144 valence electrons. The molecule has 0 aliphatic carbocycles. The molecule has 27 heavy (non-hydrogen) atoms. The molecule has 0 aliphatic heterocycles. The van der Waals surface area contributed by atoms with Crippen molar-refractivity contribution in [1.82, 2.24) is 0 Å². The van der Waals surface area contributed by atoms with Crippen LogP contribution in [0.2, 0.25) is 0 Å². The minimum absolute atomic E-state index is 0.257. The lowest BCUT2D eigenvalue weighted by atomic mass is 10.1. The summed E-state index contributed by atoms with van der Waals surface area (Å²) in [7, 11) is 0. The summed E-state index contributed by atoms with van der Waals surface area (Å²) in [6.45, 7) is 0. The van der Waals surface area contributed by atoms with Gasteiger partial charge >= 0.3 is 24.4 Å². The van der Waals surface area contributed by atoms with E-state index < -0.39 is 46.7 Å². The number of aromatic carboxylic acids is 1. The lowest BCUT2D eigenvalue weighted by Crippen LogP contribution is -2.20. The Morgan fingerprint density at radius 1 is 0.778 bits per heavy atom. The van der Waals surface area contributed by atoms with E-state index in [9.17, 15) is 35.9 Å². The molecule has 0 fully saturated rings. The summed E-state index contributed by atoms with van der Waals surface area (Å²) in [6.07, 6.45) is -9.51. The maximum absolute atomic E-state index is 12.8. The molecular weight excluding hydrogens is 382 g/mol. The number of halogens is 6. The van der Waals surface area contributed by atoms with Crippen molar-refractivity contribution in [2.75, 3.05) is 10.6 Å². The van der Waals surface area contributed by atoms with Crippen molar-refractivity contribution in [1.29, 1.82) is 0 Å². The topological polar surface area (TPSA) is 78.4 Å². The molecule has 0 heterocycles. The predicted molar refractivity (Wildman–Crippen MR) is 82.5 cm³/mol. The van der Waals surface area contributed by atoms with Crippen LogP contribution >= 0.6 is 0 Å². The first-order valence-corrected chi connectivity index (χ1v) is 7.07. The van der Waals surface area contributed by atoms with E-state index in [1.807, 2.05) is 10.6 Å². The van der Waals surface area contributed by atoms with E-state index in [4.69, 9.17) is 5.11 Å². The van der Waals surface area contributed by atoms with E-state index in [0.717, 1.165) is 24.3 Å². The van der Waals surface area contributed by atoms with E-state index in [0.29, 0.717) is 18.2 Å². The molecule has 0 atom stereocenters. The number of amides is 2. The van der Waals surface area contributed by atoms with Gasteiger partial charge in [-0.05, 0) is 36.4 Å². The monoisotopic (exact) mass is 392 g/mol. The number of carboxylic acids is 1. The van der Waals surface area contributed by atoms with Crippen LogP contribution in [0.1, 0.15) is 21.5 Å². The average Bonchev–Trinajstić information content (AvgIpc) is 2.53. The highest BCUT2D eigenvalue weighted by molar-refractivity contribution is 6.00. The molecule has 5 nitrogen and oxygen atoms in total. The SMILES string of the molecule is O=C(Nc1cccc(C(F)(F)F)c1)Nc1cc(C(=O)O)cc(C(F)(F)F)c1. The van der Waals surface area contributed by atoms with Crippen molar-refractivity contribution >= 4 is 23.4 Å². The van der Waals surface area contributed by atoms with Crippen LogP contribution in [0.3, 0.4) is 0 Å². The Hall–Kier alpha value is -3.24. The van der Waals surface area contributed by atoms with Crippen molar-refractivity contribution in [2.24, 2.45) is 0 Å². The molecule has 0 aromatic heterocycles. The van der Waals surface area contributed by atoms with Crippen LogP contribution < -0.4 is 10.6 Å². The number of benzene rings is 2. The van der Waals surface area contributed by atoms with Gasteiger partial charge in [-0.15, -0.1) is 0 Å². The van der Waals surface area contributed by atoms with Crippen LogP contribution in [0, 0.1) is 0 Å². The highest BCUT2D eigenvalue weighted by Gasteiger charge is 2.32. The van der Waals surface area contributed by atoms with Crippen molar-refractivity contribution < 1.29 is 41.0 Å². The highest BCUT2D eigenvalue weighted by atomic mass is 19.4. The Morgan fingerprint density at radius 3 is 1.89 bits per heavy atom. The summed E-state index contributed by atoms with van der Waals surface area (Å²) in [5.41, 5.74) is -3.82. The number of alkyl halides is 6. The number of hydrogen-bond donors (Lipinski definition) is 3. The van der Waals surface area contributed by atoms with Gasteiger partial charge in [0.15, 0.2) is 0 Å². The number of rotatable bonds is 3. The summed E-state index contributed by atoms with van der Waals surface area (Å²) in [5.74, 6) is -1.65. The predicted octanol–water partition coefficient (Wildman–Crippen LogP) is 5.07. The van der Waals surface area contributed by atoms with Crippen LogP contribution in [0.25, 0.3) is 0 Å². The molecule has 0 bridgehead atoms. The molecule has 2 aromatic rings. The molecule has 11 heteroatoms. The molecule has 0 radical (unpaired) electrons. The van der Waals surface area contributed by atoms with Gasteiger partial charge in [0.05, 0.1) is 16.7 Å². The molecule has 2 rings (SSSR count). The standard InChI is InChI=1S/C16H10F6N2O3/c17-15(18,19)9-2-1-3-11(6-9)23-14(27)24-12-5-8(13(25)26)4-10(7-12)16(20,21)22/h1-7H,(H,25,26)(H2,23,24,27). The Morgan fingerprint density at radius 2 is 1.33 bits per heavy atom. The van der Waals surface area contributed by atoms with Crippen LogP contribution in [-0.2, 0) is 12.4 Å². The van der Waals surface area contributed by atoms with Crippen LogP contribution in [0.15, 0.2) is 42.5 Å². The third-order valence-corrected chi connectivity index (χ3v) is 3.21. The zero-order valence-corrected chi connectivity index (χ0v) is 13.1. The molecule has 3 N–H and O–H groups in total. The summed E-state index contributed by atoms with van der Waals surface area (Å²) in [6, 6.07) is 4.10. The lowest BCUT2D eigenvalue weighted by molar-refractivity contribution is -0.138. The van der Waals surface area contributed by atoms with Crippen molar-refractivity contribution in [3.63, 3.8) is 0 Å². The van der Waals surface area contributed by atoms with Gasteiger partial charge in [0.25, 0.3) is 0 Å². The zero-order chi connectivity index (χ0) is 20.4. The second-order valence-electron chi connectivity index (χ2n) is 5.26. The largest absolute Gasteiger partial charge is 0.478 e. The maximum Gasteiger partial charge on any atom is 0.416 e. The molecule has 0 saturated carbocycles. The number of carbonyl (C=O) groups is 2. The molecule has 0 saturated heterocycles. The van der Waals surface area contributed by atoms with E-state index in [1.165, 1.54) is 0 Å². The Labute approximate surface area is 147 Å². The Kier molecular flexibility index (Phi) is 5.33. The van der Waals surface area contributed by atoms with Crippen LogP contribution in [0.5, 0.6) is 0 Å². The fourth-order valence-electron chi connectivity index (χ4n) is 2.05. The van der Waals surface area contributed by atoms with Gasteiger partial charge < -0.3 is 15.7 Å².